The van der Waals surface area contributed by atoms with Crippen LogP contribution in [0.5, 0.6) is 0 Å². The van der Waals surface area contributed by atoms with Crippen molar-refractivity contribution in [2.75, 3.05) is 0 Å². The Labute approximate surface area is 434 Å². The SMILES string of the molecule is O.O.O.O.O.O.O.O.O.O.O.O.O.O.O.O.O.O.O.[CH3-].[Hf].[Hf].[Hf].[Hf].[Hf].[Hf].[Hf].[Hf].[Hf].[Hf].[Hf].[Hf].[OH3+].[OH3+].[OH3+].[OH3+]. The van der Waals surface area contributed by atoms with E-state index in [1.165, 1.54) is 0 Å². The quantitative estimate of drug-likeness (QED) is 0.124. The molecule has 0 radical (unpaired) electrons. The summed E-state index contributed by atoms with van der Waals surface area (Å²) in [4.78, 5) is 0. The van der Waals surface area contributed by atoms with Crippen LogP contribution in [0.4, 0.5) is 0 Å². The zero-order valence-electron chi connectivity index (χ0n) is 18.8. The van der Waals surface area contributed by atoms with Crippen LogP contribution in [-0.2, 0) is 332 Å². The second-order valence-corrected chi connectivity index (χ2v) is 0. The fourth-order valence-electron chi connectivity index (χ4n) is 0. The first-order valence-corrected chi connectivity index (χ1v) is 0. The van der Waals surface area contributed by atoms with E-state index in [0.717, 1.165) is 0 Å². The van der Waals surface area contributed by atoms with Crippen molar-refractivity contribution in [3.8, 4) is 0 Å². The number of hydrogen-bond acceptors (Lipinski definition) is 0. The smallest absolute Gasteiger partial charge is 0 e. The Kier molecular flexibility index (Phi) is 25700. The molecule has 0 amide bonds. The molecule has 0 aliphatic rings. The summed E-state index contributed by atoms with van der Waals surface area (Å²) in [6.07, 6.45) is 0. The average molecular weight is 2580 g/mol. The van der Waals surface area contributed by atoms with Crippen LogP contribution in [0.25, 0.3) is 0 Å². The Morgan fingerprint density at radius 1 is 0.111 bits per heavy atom. The molecule has 240 valence electrons. The second kappa shape index (κ2) is 930. The van der Waals surface area contributed by atoms with Crippen molar-refractivity contribution < 1.29 is 436 Å². The van der Waals surface area contributed by atoms with Crippen molar-refractivity contribution in [3.63, 3.8) is 0 Å². The summed E-state index contributed by atoms with van der Waals surface area (Å²) in [5, 5.41) is 0. The Bertz CT molecular complexity index is 39.1. The van der Waals surface area contributed by atoms with Crippen molar-refractivity contribution >= 4 is 0 Å². The predicted octanol–water partition coefficient (Wildman–Crippen LogP) is -18.9. The molecule has 0 bridgehead atoms. The van der Waals surface area contributed by atoms with E-state index in [4.69, 9.17) is 0 Å². The summed E-state index contributed by atoms with van der Waals surface area (Å²) in [5.41, 5.74) is 0. The van der Waals surface area contributed by atoms with Gasteiger partial charge < -0.3 is 133 Å². The van der Waals surface area contributed by atoms with Gasteiger partial charge in [-0.05, 0) is 0 Å². The first kappa shape index (κ1) is 995. The molecule has 0 unspecified atom stereocenters. The maximum atomic E-state index is 0. The largest absolute Gasteiger partial charge is 0.457 e. The molecule has 0 saturated carbocycles. The fraction of sp³-hybridized carbons (Fsp3) is 0. The van der Waals surface area contributed by atoms with Gasteiger partial charge in [0.05, 0.1) is 0 Å². The predicted molar refractivity (Wildman–Crippen MR) is 94.6 cm³/mol. The van der Waals surface area contributed by atoms with Crippen LogP contribution in [-0.4, -0.2) is 104 Å². The van der Waals surface area contributed by atoms with Crippen LogP contribution in [0.2, 0.25) is 0 Å². The van der Waals surface area contributed by atoms with E-state index in [2.05, 4.69) is 0 Å². The van der Waals surface area contributed by atoms with Gasteiger partial charge in [-0.1, -0.05) is 0 Å². The molecule has 0 aromatic rings. The standard InChI is InChI=1S/CH3.12Hf.23H2O/h1H3;;;;;;;;;;;;;23*1H2/q-1;;;;;;;;;;;;;;;;;;;;;;;;;;;;;;;;;;;/p+4. The Hall–Kier alpha value is 9.52. The molecule has 35 heteroatoms. The van der Waals surface area contributed by atoms with Crippen LogP contribution in [0.3, 0.4) is 0 Å². The minimum atomic E-state index is 0. The van der Waals surface area contributed by atoms with Crippen LogP contribution in [0.1, 0.15) is 0 Å². The fourth-order valence-corrected chi connectivity index (χ4v) is 0. The molecule has 0 spiro atoms. The molecule has 36 heavy (non-hydrogen) atoms. The summed E-state index contributed by atoms with van der Waals surface area (Å²) in [6, 6.07) is 0. The van der Waals surface area contributed by atoms with Gasteiger partial charge in [0.2, 0.25) is 0 Å². The van der Waals surface area contributed by atoms with Gasteiger partial charge in [0.1, 0.15) is 0 Å². The monoisotopic (exact) mass is 2590 g/mol. The van der Waals surface area contributed by atoms with E-state index in [1.54, 1.807) is 0 Å². The Balaban J connectivity index is 0. The summed E-state index contributed by atoms with van der Waals surface area (Å²) < 4.78 is 0. The molecular formula is CH53Hf12O23+3. The first-order chi connectivity index (χ1) is 0. The van der Waals surface area contributed by atoms with Gasteiger partial charge in [-0.2, -0.15) is 0 Å². The molecule has 0 heterocycles. The zero-order valence-corrected chi connectivity index (χ0v) is 61.9. The van der Waals surface area contributed by atoms with Gasteiger partial charge in [0, 0.05) is 310 Å². The molecule has 50 N–H and O–H groups in total. The van der Waals surface area contributed by atoms with Crippen molar-refractivity contribution in [1.82, 2.24) is 0 Å². The van der Waals surface area contributed by atoms with E-state index in [9.17, 15) is 0 Å². The minimum Gasteiger partial charge on any atom is -0.457 e. The van der Waals surface area contributed by atoms with Gasteiger partial charge >= 0.3 is 0 Å². The zero-order chi connectivity index (χ0) is 0. The summed E-state index contributed by atoms with van der Waals surface area (Å²) >= 11 is 0. The molecule has 0 aliphatic carbocycles. The molecule has 0 saturated heterocycles. The third-order valence-electron chi connectivity index (χ3n) is 0. The molecule has 0 aromatic heterocycles. The van der Waals surface area contributed by atoms with Crippen molar-refractivity contribution in [3.05, 3.63) is 7.43 Å². The Morgan fingerprint density at radius 2 is 0.111 bits per heavy atom. The van der Waals surface area contributed by atoms with E-state index in [1.807, 2.05) is 0 Å². The molecule has 0 aliphatic heterocycles. The van der Waals surface area contributed by atoms with E-state index >= 15 is 0 Å². The van der Waals surface area contributed by atoms with E-state index < -0.39 is 0 Å². The molecule has 23 nitrogen and oxygen atoms in total. The molecule has 0 aromatic carbocycles. The normalized spacial score (nSPS) is 0. The number of hydrogen-bond donors (Lipinski definition) is 0. The van der Waals surface area contributed by atoms with Crippen molar-refractivity contribution in [2.24, 2.45) is 0 Å². The van der Waals surface area contributed by atoms with Crippen LogP contribution < -0.4 is 0 Å². The van der Waals surface area contributed by atoms with Gasteiger partial charge in [-0.15, -0.1) is 0 Å². The average Bonchev–Trinajstić information content (AvgIpc) is 0. The summed E-state index contributed by atoms with van der Waals surface area (Å²) in [5.74, 6) is 0. The first-order valence-electron chi connectivity index (χ1n) is 0. The van der Waals surface area contributed by atoms with Gasteiger partial charge in [-0.3, -0.25) is 0 Å². The topological polar surface area (TPSA) is 730 Å². The van der Waals surface area contributed by atoms with Crippen molar-refractivity contribution in [2.45, 2.75) is 0 Å². The summed E-state index contributed by atoms with van der Waals surface area (Å²) in [7, 11) is 0. The Morgan fingerprint density at radius 3 is 0.111 bits per heavy atom. The molecule has 0 fully saturated rings. The van der Waals surface area contributed by atoms with E-state index in [-0.39, 0.29) is 443 Å². The molecule has 0 atom stereocenters. The maximum Gasteiger partial charge on any atom is 0 e. The second-order valence-electron chi connectivity index (χ2n) is 0. The van der Waals surface area contributed by atoms with Crippen LogP contribution in [0, 0.1) is 7.43 Å². The third kappa shape index (κ3) is 868. The summed E-state index contributed by atoms with van der Waals surface area (Å²) in [6.45, 7) is 0. The van der Waals surface area contributed by atoms with Crippen LogP contribution in [0.15, 0.2) is 0 Å². The van der Waals surface area contributed by atoms with Crippen molar-refractivity contribution in [1.29, 1.82) is 0 Å². The molecule has 0 rings (SSSR count). The van der Waals surface area contributed by atoms with E-state index in [0.29, 0.717) is 0 Å². The minimum absolute atomic E-state index is 0. The molecular weight excluding hydrogens is 2520 g/mol. The van der Waals surface area contributed by atoms with Gasteiger partial charge in [0.15, 0.2) is 0 Å². The van der Waals surface area contributed by atoms with Gasteiger partial charge in [-0.25, -0.2) is 0 Å². The third-order valence-corrected chi connectivity index (χ3v) is 0. The number of rotatable bonds is 0. The van der Waals surface area contributed by atoms with Gasteiger partial charge in [0.25, 0.3) is 0 Å². The van der Waals surface area contributed by atoms with Crippen LogP contribution >= 0.6 is 0 Å². The maximum absolute atomic E-state index is 0.